The normalized spacial score (nSPS) is 10.1. The van der Waals surface area contributed by atoms with E-state index in [2.05, 4.69) is 0 Å². The average molecular weight is 436 g/mol. The Morgan fingerprint density at radius 3 is 1.43 bits per heavy atom. The Labute approximate surface area is 72.2 Å². The van der Waals surface area contributed by atoms with Gasteiger partial charge in [-0.15, -0.1) is 0 Å². The van der Waals surface area contributed by atoms with Gasteiger partial charge in [-0.1, -0.05) is 0 Å². The van der Waals surface area contributed by atoms with Gasteiger partial charge in [-0.05, 0) is 0 Å². The van der Waals surface area contributed by atoms with E-state index in [1.807, 2.05) is 0 Å². The first-order chi connectivity index (χ1) is 5.78. The predicted molar refractivity (Wildman–Crippen MR) is 29.2 cm³/mol. The van der Waals surface area contributed by atoms with E-state index < -0.39 is 36.4 Å². The third-order valence-electron chi connectivity index (χ3n) is 1.25. The van der Waals surface area contributed by atoms with Crippen LogP contribution in [-0.4, -0.2) is 28.6 Å². The molecule has 0 aliphatic carbocycles. The zero-order valence-corrected chi connectivity index (χ0v) is 9.61. The Kier molecular flexibility index (Phi) is 4.39. The molecule has 0 aliphatic rings. The number of carboxylic acids is 3. The van der Waals surface area contributed by atoms with E-state index in [-0.39, 0.29) is 0 Å². The number of aliphatic hydroxyl groups is 1. The van der Waals surface area contributed by atoms with E-state index >= 15 is 0 Å². The number of hydrogen-bond acceptors (Lipinski definition) is 7. The molecule has 0 rings (SSSR count). The van der Waals surface area contributed by atoms with Gasteiger partial charge in [-0.25, -0.2) is 0 Å². The molecule has 0 atom stereocenters. The van der Waals surface area contributed by atoms with E-state index in [0.29, 0.717) is 0 Å². The van der Waals surface area contributed by atoms with Gasteiger partial charge in [-0.3, -0.25) is 0 Å². The van der Waals surface area contributed by atoms with Gasteiger partial charge in [-0.2, -0.15) is 0 Å². The molecular formula is C6H5CmO7-3. The van der Waals surface area contributed by atoms with E-state index in [1.54, 1.807) is 0 Å². The first-order valence-electron chi connectivity index (χ1n) is 3.11. The molecule has 0 saturated heterocycles. The van der Waals surface area contributed by atoms with Gasteiger partial charge in [0, 0.05) is 24.8 Å². The Morgan fingerprint density at radius 1 is 1.00 bits per heavy atom. The van der Waals surface area contributed by atoms with Gasteiger partial charge in [0.25, 0.3) is 0 Å². The van der Waals surface area contributed by atoms with Gasteiger partial charge < -0.3 is 34.8 Å². The van der Waals surface area contributed by atoms with E-state index in [9.17, 15) is 29.7 Å². The van der Waals surface area contributed by atoms with Gasteiger partial charge in [0.2, 0.25) is 0 Å². The minimum Gasteiger partial charge on any atom is -0.550 e. The fourth-order valence-corrected chi connectivity index (χ4v) is 0.684. The zero-order chi connectivity index (χ0) is 10.6. The standard InChI is InChI=1S/C6H8O7.Cm/c7-3(8)1-6(13,5(11)12)2-4(9)10;/h13H,1-2H2,(H,7,8)(H,9,10)(H,11,12);/p-3. The van der Waals surface area contributed by atoms with Crippen LogP contribution in [0.4, 0.5) is 0 Å². The molecule has 82 valence electrons. The van der Waals surface area contributed by atoms with Crippen molar-refractivity contribution in [3.8, 4) is 0 Å². The van der Waals surface area contributed by atoms with E-state index in [4.69, 9.17) is 5.11 Å². The Hall–Kier alpha value is -2.63. The van der Waals surface area contributed by atoms with Crippen molar-refractivity contribution in [2.45, 2.75) is 18.4 Å². The topological polar surface area (TPSA) is 141 Å². The van der Waals surface area contributed by atoms with Crippen LogP contribution in [-0.2, 0) is 14.4 Å². The predicted octanol–water partition coefficient (Wildman–Crippen LogP) is -5.25. The molecule has 8 heteroatoms. The number of carboxylic acid groups (broad SMARTS) is 3. The molecule has 0 aromatic rings. The molecule has 0 amide bonds. The summed E-state index contributed by atoms with van der Waals surface area (Å²) in [6.07, 6.45) is -2.72. The second-order valence-corrected chi connectivity index (χ2v) is 2.42. The number of hydrogen-bond donors (Lipinski definition) is 1. The molecule has 0 saturated carbocycles. The third kappa shape index (κ3) is 3.67. The van der Waals surface area contributed by atoms with Crippen molar-refractivity contribution >= 4 is 17.9 Å². The van der Waals surface area contributed by atoms with Crippen molar-refractivity contribution < 1.29 is 34.8 Å². The van der Waals surface area contributed by atoms with Crippen LogP contribution in [0.5, 0.6) is 0 Å². The van der Waals surface area contributed by atoms with Crippen LogP contribution in [0.25, 0.3) is 0 Å². The van der Waals surface area contributed by atoms with Crippen LogP contribution < -0.4 is 15.3 Å². The molecule has 0 unspecified atom stereocenters. The first kappa shape index (κ1) is 13.9. The van der Waals surface area contributed by atoms with Gasteiger partial charge in [0.05, 0.1) is 5.97 Å². The van der Waals surface area contributed by atoms with Crippen molar-refractivity contribution in [1.29, 1.82) is 0 Å². The van der Waals surface area contributed by atoms with Crippen LogP contribution in [0.1, 0.15) is 12.8 Å². The summed E-state index contributed by atoms with van der Waals surface area (Å²) in [6, 6.07) is 0. The molecule has 0 heterocycles. The summed E-state index contributed by atoms with van der Waals surface area (Å²) in [5.41, 5.74) is -2.97. The Morgan fingerprint density at radius 2 is 1.29 bits per heavy atom. The summed E-state index contributed by atoms with van der Waals surface area (Å²) in [7, 11) is 0. The molecular weight excluding hydrogens is 431 g/mol. The van der Waals surface area contributed by atoms with Crippen molar-refractivity contribution in [3.05, 3.63) is 0 Å². The fraction of sp³-hybridized carbons (Fsp3) is 0.500. The van der Waals surface area contributed by atoms with E-state index in [1.165, 1.54) is 0 Å². The summed E-state index contributed by atoms with van der Waals surface area (Å²) < 4.78 is 0. The van der Waals surface area contributed by atoms with Crippen LogP contribution in [0, 0.1) is 0 Å². The molecule has 0 bridgehead atoms. The van der Waals surface area contributed by atoms with Crippen LogP contribution in [0.15, 0.2) is 0 Å². The summed E-state index contributed by atoms with van der Waals surface area (Å²) in [4.78, 5) is 30.0. The molecule has 0 aliphatic heterocycles. The smallest absolute Gasteiger partial charge is 0.114 e. The fourth-order valence-electron chi connectivity index (χ4n) is 0.684. The SMILES string of the molecule is O=C([O-])CC(O)(CC(=O)[O-])C(=O)[O-].[Cm]. The summed E-state index contributed by atoms with van der Waals surface area (Å²) >= 11 is 0. The molecule has 14 heavy (non-hydrogen) atoms. The van der Waals surface area contributed by atoms with Crippen LogP contribution in [0.3, 0.4) is 0 Å². The third-order valence-corrected chi connectivity index (χ3v) is 1.25. The van der Waals surface area contributed by atoms with Gasteiger partial charge >= 0.3 is 0 Å². The van der Waals surface area contributed by atoms with Gasteiger partial charge in [0.1, 0.15) is 5.60 Å². The van der Waals surface area contributed by atoms with Crippen molar-refractivity contribution in [3.63, 3.8) is 0 Å². The minimum atomic E-state index is -2.97. The first-order valence-corrected chi connectivity index (χ1v) is 3.11. The van der Waals surface area contributed by atoms with Gasteiger partial charge in [0.15, 0.2) is 0 Å². The largest absolute Gasteiger partial charge is 0.550 e. The number of aliphatic carboxylic acids is 3. The quantitative estimate of drug-likeness (QED) is 0.454. The maximum absolute atomic E-state index is 10.1. The minimum absolute atomic E-state index is 0. The summed E-state index contributed by atoms with van der Waals surface area (Å²) in [5, 5.41) is 38.9. The molecule has 0 fully saturated rings. The monoisotopic (exact) mass is 432 g/mol. The van der Waals surface area contributed by atoms with Crippen molar-refractivity contribution in [1.82, 2.24) is 0 Å². The summed E-state index contributed by atoms with van der Waals surface area (Å²) in [6.45, 7) is 0. The number of carbonyl (C=O) groups excluding carboxylic acids is 3. The molecule has 0 aromatic heterocycles. The van der Waals surface area contributed by atoms with Crippen molar-refractivity contribution in [2.24, 2.45) is 0 Å². The number of rotatable bonds is 5. The molecule has 0 spiro atoms. The van der Waals surface area contributed by atoms with Crippen molar-refractivity contribution in [2.75, 3.05) is 0 Å². The van der Waals surface area contributed by atoms with E-state index in [0.717, 1.165) is 0 Å². The molecule has 7 nitrogen and oxygen atoms in total. The Balaban J connectivity index is 0. The zero-order valence-electron chi connectivity index (χ0n) is 6.66. The average Bonchev–Trinajstić information content (AvgIpc) is 1.82. The Bertz CT molecular complexity index is 233. The maximum atomic E-state index is 10.1. The second-order valence-electron chi connectivity index (χ2n) is 2.42. The maximum Gasteiger partial charge on any atom is 0.114 e. The molecule has 1 N–H and O–H groups in total. The van der Waals surface area contributed by atoms with Crippen LogP contribution in [0.2, 0.25) is 0 Å². The second kappa shape index (κ2) is 4.41. The van der Waals surface area contributed by atoms with Crippen LogP contribution >= 0.6 is 0 Å². The number of carbonyl (C=O) groups is 3. The summed E-state index contributed by atoms with van der Waals surface area (Å²) in [5.74, 6) is -5.98. The molecule has 0 aromatic carbocycles. The molecule has 0 radical (unpaired) electrons.